The van der Waals surface area contributed by atoms with E-state index < -0.39 is 0 Å². The summed E-state index contributed by atoms with van der Waals surface area (Å²) in [6.45, 7) is 6.93. The monoisotopic (exact) mass is 229 g/mol. The Balaban J connectivity index is 2.48. The van der Waals surface area contributed by atoms with Crippen LogP contribution in [0.2, 0.25) is 0 Å². The second-order valence-electron chi connectivity index (χ2n) is 4.52. The van der Waals surface area contributed by atoms with E-state index in [2.05, 4.69) is 50.1 Å². The zero-order valence-electron chi connectivity index (χ0n) is 10.7. The maximum atomic E-state index is 5.56. The van der Waals surface area contributed by atoms with Crippen molar-refractivity contribution in [2.75, 3.05) is 6.54 Å². The summed E-state index contributed by atoms with van der Waals surface area (Å²) in [5, 5.41) is 4.61. The average Bonchev–Trinajstić information content (AvgIpc) is 2.64. The van der Waals surface area contributed by atoms with E-state index in [0.717, 1.165) is 23.5 Å². The summed E-state index contributed by atoms with van der Waals surface area (Å²) in [4.78, 5) is 0. The first-order valence-corrected chi connectivity index (χ1v) is 5.95. The molecule has 2 rings (SSSR count). The van der Waals surface area contributed by atoms with Crippen molar-refractivity contribution in [3.8, 4) is 5.69 Å². The lowest BCUT2D eigenvalue weighted by Crippen LogP contribution is -2.05. The number of hydrogen-bond donors (Lipinski definition) is 1. The molecule has 0 radical (unpaired) electrons. The average molecular weight is 229 g/mol. The molecule has 0 aliphatic carbocycles. The Kier molecular flexibility index (Phi) is 3.29. The van der Waals surface area contributed by atoms with Crippen LogP contribution in [0.4, 0.5) is 0 Å². The van der Waals surface area contributed by atoms with Crippen molar-refractivity contribution >= 4 is 0 Å². The summed E-state index contributed by atoms with van der Waals surface area (Å²) in [5.41, 5.74) is 11.4. The van der Waals surface area contributed by atoms with Crippen molar-refractivity contribution in [3.05, 3.63) is 46.8 Å². The Morgan fingerprint density at radius 1 is 1.18 bits per heavy atom. The van der Waals surface area contributed by atoms with Crippen LogP contribution in [0, 0.1) is 20.8 Å². The number of hydrogen-bond acceptors (Lipinski definition) is 2. The SMILES string of the molecule is Cc1ccc(C)c(-n2nc(CCN)cc2C)c1. The van der Waals surface area contributed by atoms with Gasteiger partial charge in [0, 0.05) is 12.1 Å². The summed E-state index contributed by atoms with van der Waals surface area (Å²) in [6, 6.07) is 8.53. The summed E-state index contributed by atoms with van der Waals surface area (Å²) in [7, 11) is 0. The van der Waals surface area contributed by atoms with E-state index in [4.69, 9.17) is 5.73 Å². The fourth-order valence-electron chi connectivity index (χ4n) is 2.00. The van der Waals surface area contributed by atoms with Gasteiger partial charge >= 0.3 is 0 Å². The van der Waals surface area contributed by atoms with Crippen molar-refractivity contribution < 1.29 is 0 Å². The molecule has 1 heterocycles. The van der Waals surface area contributed by atoms with Gasteiger partial charge in [0.25, 0.3) is 0 Å². The van der Waals surface area contributed by atoms with Gasteiger partial charge in [0.2, 0.25) is 0 Å². The number of nitrogens with two attached hydrogens (primary N) is 1. The number of nitrogens with zero attached hydrogens (tertiary/aromatic N) is 2. The second kappa shape index (κ2) is 4.72. The van der Waals surface area contributed by atoms with Gasteiger partial charge in [-0.25, -0.2) is 4.68 Å². The van der Waals surface area contributed by atoms with Crippen LogP contribution < -0.4 is 5.73 Å². The lowest BCUT2D eigenvalue weighted by molar-refractivity contribution is 0.799. The molecule has 1 aromatic heterocycles. The summed E-state index contributed by atoms with van der Waals surface area (Å²) < 4.78 is 2.01. The lowest BCUT2D eigenvalue weighted by atomic mass is 10.1. The van der Waals surface area contributed by atoms with Crippen molar-refractivity contribution in [1.82, 2.24) is 9.78 Å². The Bertz CT molecular complexity index is 526. The van der Waals surface area contributed by atoms with Gasteiger partial charge in [-0.1, -0.05) is 12.1 Å². The van der Waals surface area contributed by atoms with Crippen LogP contribution in [0.1, 0.15) is 22.5 Å². The summed E-state index contributed by atoms with van der Waals surface area (Å²) >= 11 is 0. The number of aromatic nitrogens is 2. The van der Waals surface area contributed by atoms with E-state index in [9.17, 15) is 0 Å². The van der Waals surface area contributed by atoms with Crippen LogP contribution in [-0.2, 0) is 6.42 Å². The highest BCUT2D eigenvalue weighted by Crippen LogP contribution is 2.18. The van der Waals surface area contributed by atoms with Gasteiger partial charge < -0.3 is 5.73 Å². The second-order valence-corrected chi connectivity index (χ2v) is 4.52. The minimum Gasteiger partial charge on any atom is -0.330 e. The maximum absolute atomic E-state index is 5.56. The van der Waals surface area contributed by atoms with Gasteiger partial charge in [-0.2, -0.15) is 5.10 Å². The van der Waals surface area contributed by atoms with Crippen LogP contribution >= 0.6 is 0 Å². The van der Waals surface area contributed by atoms with Crippen LogP contribution in [0.15, 0.2) is 24.3 Å². The van der Waals surface area contributed by atoms with Crippen molar-refractivity contribution in [2.45, 2.75) is 27.2 Å². The van der Waals surface area contributed by atoms with E-state index >= 15 is 0 Å². The predicted molar refractivity (Wildman–Crippen MR) is 70.5 cm³/mol. The van der Waals surface area contributed by atoms with Crippen LogP contribution in [-0.4, -0.2) is 16.3 Å². The Morgan fingerprint density at radius 2 is 1.94 bits per heavy atom. The van der Waals surface area contributed by atoms with E-state index in [1.165, 1.54) is 11.1 Å². The fraction of sp³-hybridized carbons (Fsp3) is 0.357. The molecule has 3 nitrogen and oxygen atoms in total. The summed E-state index contributed by atoms with van der Waals surface area (Å²) in [5.74, 6) is 0. The molecule has 0 amide bonds. The molecule has 0 spiro atoms. The minimum absolute atomic E-state index is 0.642. The van der Waals surface area contributed by atoms with Crippen molar-refractivity contribution in [1.29, 1.82) is 0 Å². The Hall–Kier alpha value is -1.61. The third-order valence-corrected chi connectivity index (χ3v) is 2.93. The molecule has 3 heteroatoms. The smallest absolute Gasteiger partial charge is 0.0680 e. The van der Waals surface area contributed by atoms with E-state index in [1.807, 2.05) is 4.68 Å². The minimum atomic E-state index is 0.642. The van der Waals surface area contributed by atoms with E-state index in [0.29, 0.717) is 6.54 Å². The topological polar surface area (TPSA) is 43.8 Å². The number of rotatable bonds is 3. The third kappa shape index (κ3) is 2.39. The molecule has 0 saturated heterocycles. The van der Waals surface area contributed by atoms with Crippen LogP contribution in [0.5, 0.6) is 0 Å². The Labute approximate surface area is 102 Å². The highest BCUT2D eigenvalue weighted by Gasteiger charge is 2.08. The molecular formula is C14H19N3. The molecule has 0 unspecified atom stereocenters. The van der Waals surface area contributed by atoms with Crippen LogP contribution in [0.25, 0.3) is 5.69 Å². The lowest BCUT2D eigenvalue weighted by Gasteiger charge is -2.09. The molecule has 2 N–H and O–H groups in total. The predicted octanol–water partition coefficient (Wildman–Crippen LogP) is 2.30. The highest BCUT2D eigenvalue weighted by atomic mass is 15.3. The van der Waals surface area contributed by atoms with Gasteiger partial charge in [0.1, 0.15) is 0 Å². The first kappa shape index (κ1) is 11.9. The van der Waals surface area contributed by atoms with Crippen molar-refractivity contribution in [2.24, 2.45) is 5.73 Å². The molecule has 90 valence electrons. The maximum Gasteiger partial charge on any atom is 0.0680 e. The molecule has 1 aromatic carbocycles. The quantitative estimate of drug-likeness (QED) is 0.877. The Morgan fingerprint density at radius 3 is 2.65 bits per heavy atom. The fourth-order valence-corrected chi connectivity index (χ4v) is 2.00. The van der Waals surface area contributed by atoms with E-state index in [-0.39, 0.29) is 0 Å². The largest absolute Gasteiger partial charge is 0.330 e. The zero-order chi connectivity index (χ0) is 12.4. The number of benzene rings is 1. The van der Waals surface area contributed by atoms with Gasteiger partial charge in [-0.15, -0.1) is 0 Å². The summed E-state index contributed by atoms with van der Waals surface area (Å²) in [6.07, 6.45) is 0.832. The molecule has 17 heavy (non-hydrogen) atoms. The number of aryl methyl sites for hydroxylation is 3. The third-order valence-electron chi connectivity index (χ3n) is 2.93. The highest BCUT2D eigenvalue weighted by molar-refractivity contribution is 5.43. The van der Waals surface area contributed by atoms with Crippen LogP contribution in [0.3, 0.4) is 0 Å². The molecule has 0 atom stereocenters. The normalized spacial score (nSPS) is 10.8. The molecule has 0 aliphatic heterocycles. The first-order valence-electron chi connectivity index (χ1n) is 5.95. The molecule has 0 saturated carbocycles. The first-order chi connectivity index (χ1) is 8.11. The van der Waals surface area contributed by atoms with Gasteiger partial charge in [0.05, 0.1) is 11.4 Å². The van der Waals surface area contributed by atoms with Gasteiger partial charge in [0.15, 0.2) is 0 Å². The molecule has 2 aromatic rings. The van der Waals surface area contributed by atoms with E-state index in [1.54, 1.807) is 0 Å². The van der Waals surface area contributed by atoms with Gasteiger partial charge in [-0.3, -0.25) is 0 Å². The molecule has 0 aliphatic rings. The standard InChI is InChI=1S/C14H19N3/c1-10-4-5-11(2)14(8-10)17-12(3)9-13(16-17)6-7-15/h4-5,8-9H,6-7,15H2,1-3H3. The molecule has 0 fully saturated rings. The van der Waals surface area contributed by atoms with Gasteiger partial charge in [-0.05, 0) is 50.6 Å². The van der Waals surface area contributed by atoms with Crippen molar-refractivity contribution in [3.63, 3.8) is 0 Å². The molecule has 0 bridgehead atoms. The molecular weight excluding hydrogens is 210 g/mol. The zero-order valence-corrected chi connectivity index (χ0v) is 10.7.